The summed E-state index contributed by atoms with van der Waals surface area (Å²) in [7, 11) is 0. The lowest BCUT2D eigenvalue weighted by Crippen LogP contribution is -2.01. The van der Waals surface area contributed by atoms with Crippen molar-refractivity contribution >= 4 is 11.3 Å². The van der Waals surface area contributed by atoms with Crippen molar-refractivity contribution < 1.29 is 13.9 Å². The molecule has 0 aliphatic carbocycles. The van der Waals surface area contributed by atoms with Gasteiger partial charge in [-0.1, -0.05) is 17.3 Å². The smallest absolute Gasteiger partial charge is 0.231 e. The summed E-state index contributed by atoms with van der Waals surface area (Å²) in [6, 6.07) is 12.2. The number of hydrogen-bond acceptors (Lipinski definition) is 6. The standard InChI is InChI=1S/C19H13FN4O2S/c1-11-18(22-23-24(11)15-5-3-2-4-13(15)20)19-21-14(9-27-19)12-6-7-16-17(8-12)26-10-25-16/h2-9H,10H2,1H3. The summed E-state index contributed by atoms with van der Waals surface area (Å²) in [5.74, 6) is 1.10. The zero-order chi connectivity index (χ0) is 18.4. The molecule has 27 heavy (non-hydrogen) atoms. The molecule has 0 fully saturated rings. The SMILES string of the molecule is Cc1c(-c2nc(-c3ccc4c(c3)OCO4)cs2)nnn1-c1ccccc1F. The number of thiazole rings is 1. The van der Waals surface area contributed by atoms with Crippen molar-refractivity contribution in [1.29, 1.82) is 0 Å². The van der Waals surface area contributed by atoms with Crippen LogP contribution >= 0.6 is 11.3 Å². The first-order valence-corrected chi connectivity index (χ1v) is 9.12. The molecule has 0 amide bonds. The fraction of sp³-hybridized carbons (Fsp3) is 0.105. The summed E-state index contributed by atoms with van der Waals surface area (Å²) in [5.41, 5.74) is 3.47. The summed E-state index contributed by atoms with van der Waals surface area (Å²) >= 11 is 1.46. The van der Waals surface area contributed by atoms with Crippen molar-refractivity contribution in [3.63, 3.8) is 0 Å². The summed E-state index contributed by atoms with van der Waals surface area (Å²) in [6.45, 7) is 2.09. The Morgan fingerprint density at radius 1 is 1.11 bits per heavy atom. The maximum atomic E-state index is 14.1. The topological polar surface area (TPSA) is 62.1 Å². The highest BCUT2D eigenvalue weighted by Gasteiger charge is 2.19. The Balaban J connectivity index is 1.51. The summed E-state index contributed by atoms with van der Waals surface area (Å²) in [4.78, 5) is 4.68. The number of aromatic nitrogens is 4. The molecule has 5 rings (SSSR count). The van der Waals surface area contributed by atoms with Crippen LogP contribution in [-0.2, 0) is 0 Å². The van der Waals surface area contributed by atoms with E-state index in [1.54, 1.807) is 18.2 Å². The van der Waals surface area contributed by atoms with Gasteiger partial charge in [0, 0.05) is 10.9 Å². The Morgan fingerprint density at radius 3 is 2.85 bits per heavy atom. The minimum atomic E-state index is -0.350. The first kappa shape index (κ1) is 16.0. The molecule has 134 valence electrons. The van der Waals surface area contributed by atoms with E-state index in [2.05, 4.69) is 15.3 Å². The van der Waals surface area contributed by atoms with Crippen molar-refractivity contribution in [2.75, 3.05) is 6.79 Å². The summed E-state index contributed by atoms with van der Waals surface area (Å²) in [6.07, 6.45) is 0. The molecule has 0 saturated carbocycles. The molecule has 0 saturated heterocycles. The Hall–Kier alpha value is -3.26. The van der Waals surface area contributed by atoms with E-state index in [-0.39, 0.29) is 12.6 Å². The minimum Gasteiger partial charge on any atom is -0.454 e. The normalized spacial score (nSPS) is 12.5. The van der Waals surface area contributed by atoms with Gasteiger partial charge in [0.05, 0.1) is 11.4 Å². The zero-order valence-corrected chi connectivity index (χ0v) is 15.0. The van der Waals surface area contributed by atoms with Crippen molar-refractivity contribution in [2.24, 2.45) is 0 Å². The molecular weight excluding hydrogens is 367 g/mol. The fourth-order valence-corrected chi connectivity index (χ4v) is 3.81. The molecule has 0 radical (unpaired) electrons. The maximum Gasteiger partial charge on any atom is 0.231 e. The van der Waals surface area contributed by atoms with Gasteiger partial charge in [-0.05, 0) is 37.3 Å². The third-order valence-electron chi connectivity index (χ3n) is 4.35. The Kier molecular flexibility index (Phi) is 3.64. The van der Waals surface area contributed by atoms with Gasteiger partial charge in [0.15, 0.2) is 11.5 Å². The zero-order valence-electron chi connectivity index (χ0n) is 14.2. The molecular formula is C19H13FN4O2S. The van der Waals surface area contributed by atoms with Gasteiger partial charge in [-0.3, -0.25) is 0 Å². The van der Waals surface area contributed by atoms with E-state index in [1.807, 2.05) is 30.5 Å². The average Bonchev–Trinajstić information content (AvgIpc) is 3.40. The lowest BCUT2D eigenvalue weighted by molar-refractivity contribution is 0.174. The van der Waals surface area contributed by atoms with E-state index < -0.39 is 0 Å². The largest absolute Gasteiger partial charge is 0.454 e. The molecule has 1 aliphatic rings. The van der Waals surface area contributed by atoms with Crippen LogP contribution in [0.4, 0.5) is 4.39 Å². The predicted molar refractivity (Wildman–Crippen MR) is 98.7 cm³/mol. The quantitative estimate of drug-likeness (QED) is 0.532. The molecule has 1 aliphatic heterocycles. The second-order valence-electron chi connectivity index (χ2n) is 5.99. The number of halogens is 1. The fourth-order valence-electron chi connectivity index (χ4n) is 2.95. The van der Waals surface area contributed by atoms with Gasteiger partial charge < -0.3 is 9.47 Å². The van der Waals surface area contributed by atoms with Crippen LogP contribution in [0.25, 0.3) is 27.6 Å². The Morgan fingerprint density at radius 2 is 1.96 bits per heavy atom. The van der Waals surface area contributed by atoms with Crippen LogP contribution in [0.3, 0.4) is 0 Å². The molecule has 0 atom stereocenters. The number of ether oxygens (including phenoxy) is 2. The third kappa shape index (κ3) is 2.65. The van der Waals surface area contributed by atoms with Crippen LogP contribution in [0.2, 0.25) is 0 Å². The van der Waals surface area contributed by atoms with Gasteiger partial charge >= 0.3 is 0 Å². The molecule has 0 spiro atoms. The van der Waals surface area contributed by atoms with Crippen LogP contribution < -0.4 is 9.47 Å². The van der Waals surface area contributed by atoms with Crippen molar-refractivity contribution in [1.82, 2.24) is 20.0 Å². The third-order valence-corrected chi connectivity index (χ3v) is 5.20. The molecule has 3 heterocycles. The second kappa shape index (κ2) is 6.17. The first-order valence-electron chi connectivity index (χ1n) is 8.24. The molecule has 0 N–H and O–H groups in total. The van der Waals surface area contributed by atoms with Gasteiger partial charge in [0.1, 0.15) is 22.2 Å². The molecule has 0 bridgehead atoms. The van der Waals surface area contributed by atoms with Gasteiger partial charge in [0.25, 0.3) is 0 Å². The van der Waals surface area contributed by atoms with E-state index in [0.29, 0.717) is 17.1 Å². The van der Waals surface area contributed by atoms with Crippen LogP contribution in [0.1, 0.15) is 5.69 Å². The van der Waals surface area contributed by atoms with Gasteiger partial charge in [0.2, 0.25) is 6.79 Å². The summed E-state index contributed by atoms with van der Waals surface area (Å²) < 4.78 is 26.3. The lowest BCUT2D eigenvalue weighted by Gasteiger charge is -2.04. The van der Waals surface area contributed by atoms with Gasteiger partial charge in [-0.15, -0.1) is 16.4 Å². The minimum absolute atomic E-state index is 0.236. The predicted octanol–water partition coefficient (Wildman–Crippen LogP) is 4.23. The highest BCUT2D eigenvalue weighted by Crippen LogP contribution is 2.37. The maximum absolute atomic E-state index is 14.1. The molecule has 2 aromatic carbocycles. The highest BCUT2D eigenvalue weighted by molar-refractivity contribution is 7.13. The number of nitrogens with zero attached hydrogens (tertiary/aromatic N) is 4. The molecule has 4 aromatic rings. The summed E-state index contributed by atoms with van der Waals surface area (Å²) in [5, 5.41) is 11.0. The van der Waals surface area contributed by atoms with Crippen molar-refractivity contribution in [3.05, 3.63) is 59.4 Å². The van der Waals surface area contributed by atoms with Crippen LogP contribution in [0.5, 0.6) is 11.5 Å². The molecule has 2 aromatic heterocycles. The van der Waals surface area contributed by atoms with E-state index in [9.17, 15) is 4.39 Å². The van der Waals surface area contributed by atoms with E-state index in [0.717, 1.165) is 27.7 Å². The number of benzene rings is 2. The Bertz CT molecular complexity index is 1150. The van der Waals surface area contributed by atoms with E-state index in [1.165, 1.54) is 22.1 Å². The Labute approximate surface area is 157 Å². The van der Waals surface area contributed by atoms with E-state index >= 15 is 0 Å². The molecule has 0 unspecified atom stereocenters. The van der Waals surface area contributed by atoms with Crippen LogP contribution in [0.15, 0.2) is 47.8 Å². The first-order chi connectivity index (χ1) is 13.2. The van der Waals surface area contributed by atoms with Crippen molar-refractivity contribution in [3.8, 4) is 39.1 Å². The molecule has 6 nitrogen and oxygen atoms in total. The average molecular weight is 380 g/mol. The number of fused-ring (bicyclic) bond motifs is 1. The van der Waals surface area contributed by atoms with E-state index in [4.69, 9.17) is 9.47 Å². The highest BCUT2D eigenvalue weighted by atomic mass is 32.1. The van der Waals surface area contributed by atoms with Crippen LogP contribution in [0, 0.1) is 12.7 Å². The van der Waals surface area contributed by atoms with Crippen LogP contribution in [-0.4, -0.2) is 26.8 Å². The number of hydrogen-bond donors (Lipinski definition) is 0. The van der Waals surface area contributed by atoms with Gasteiger partial charge in [-0.25, -0.2) is 14.1 Å². The number of para-hydroxylation sites is 1. The van der Waals surface area contributed by atoms with Crippen molar-refractivity contribution in [2.45, 2.75) is 6.92 Å². The number of rotatable bonds is 3. The molecule has 8 heteroatoms. The monoisotopic (exact) mass is 380 g/mol. The van der Waals surface area contributed by atoms with Gasteiger partial charge in [-0.2, -0.15) is 0 Å². The lowest BCUT2D eigenvalue weighted by atomic mass is 10.1. The second-order valence-corrected chi connectivity index (χ2v) is 6.85.